The first-order valence-electron chi connectivity index (χ1n) is 5.40. The van der Waals surface area contributed by atoms with E-state index in [2.05, 4.69) is 15.0 Å². The van der Waals surface area contributed by atoms with Gasteiger partial charge in [-0.3, -0.25) is 4.40 Å². The minimum Gasteiger partial charge on any atom is -0.325 e. The van der Waals surface area contributed by atoms with E-state index < -0.39 is 0 Å². The molecule has 5 nitrogen and oxygen atoms in total. The highest BCUT2D eigenvalue weighted by Gasteiger charge is 2.14. The van der Waals surface area contributed by atoms with Crippen LogP contribution >= 0.6 is 23.1 Å². The summed E-state index contributed by atoms with van der Waals surface area (Å²) in [7, 11) is 0. The summed E-state index contributed by atoms with van der Waals surface area (Å²) in [5.74, 6) is 0. The molecule has 0 aliphatic carbocycles. The number of hydrogen-bond donors (Lipinski definition) is 1. The second-order valence-electron chi connectivity index (χ2n) is 3.71. The van der Waals surface area contributed by atoms with Crippen LogP contribution in [0, 0.1) is 6.92 Å². The fraction of sp³-hybridized carbons (Fsp3) is 0.182. The molecule has 0 saturated heterocycles. The molecule has 3 rings (SSSR count). The fourth-order valence-corrected chi connectivity index (χ4v) is 3.34. The van der Waals surface area contributed by atoms with Crippen molar-refractivity contribution in [3.63, 3.8) is 0 Å². The van der Waals surface area contributed by atoms with E-state index in [1.807, 2.05) is 29.0 Å². The topological polar surface area (TPSA) is 69.1 Å². The number of hydrogen-bond acceptors (Lipinski definition) is 6. The number of imidazole rings is 1. The van der Waals surface area contributed by atoms with E-state index in [1.165, 1.54) is 11.8 Å². The lowest BCUT2D eigenvalue weighted by Gasteiger charge is -2.00. The Morgan fingerprint density at radius 3 is 3.11 bits per heavy atom. The molecule has 0 fully saturated rings. The number of aromatic nitrogens is 4. The summed E-state index contributed by atoms with van der Waals surface area (Å²) in [5, 5.41) is 3.59. The van der Waals surface area contributed by atoms with Gasteiger partial charge in [0.05, 0.1) is 5.69 Å². The van der Waals surface area contributed by atoms with Crippen molar-refractivity contribution in [2.45, 2.75) is 23.7 Å². The molecule has 0 atom stereocenters. The second kappa shape index (κ2) is 4.68. The molecule has 92 valence electrons. The van der Waals surface area contributed by atoms with Gasteiger partial charge in [0.1, 0.15) is 5.03 Å². The van der Waals surface area contributed by atoms with Crippen molar-refractivity contribution < 1.29 is 0 Å². The summed E-state index contributed by atoms with van der Waals surface area (Å²) in [4.78, 5) is 14.1. The molecule has 2 N–H and O–H groups in total. The third-order valence-electron chi connectivity index (χ3n) is 2.48. The number of nitrogens with zero attached hydrogens (tertiary/aromatic N) is 4. The van der Waals surface area contributed by atoms with Gasteiger partial charge in [0.15, 0.2) is 10.1 Å². The number of nitrogens with two attached hydrogens (primary N) is 1. The van der Waals surface area contributed by atoms with Crippen LogP contribution in [0.25, 0.3) is 4.96 Å². The van der Waals surface area contributed by atoms with Crippen molar-refractivity contribution in [2.75, 3.05) is 0 Å². The zero-order valence-corrected chi connectivity index (χ0v) is 11.3. The van der Waals surface area contributed by atoms with Gasteiger partial charge in [-0.15, -0.1) is 11.3 Å². The fourth-order valence-electron chi connectivity index (χ4n) is 1.64. The molecule has 3 heterocycles. The van der Waals surface area contributed by atoms with Crippen LogP contribution in [0.5, 0.6) is 0 Å². The van der Waals surface area contributed by atoms with Gasteiger partial charge < -0.3 is 5.73 Å². The maximum absolute atomic E-state index is 5.79. The van der Waals surface area contributed by atoms with Gasteiger partial charge in [-0.25, -0.2) is 15.0 Å². The van der Waals surface area contributed by atoms with Crippen molar-refractivity contribution in [3.8, 4) is 0 Å². The quantitative estimate of drug-likeness (QED) is 0.742. The van der Waals surface area contributed by atoms with E-state index in [4.69, 9.17) is 5.73 Å². The van der Waals surface area contributed by atoms with Crippen molar-refractivity contribution in [3.05, 3.63) is 35.2 Å². The first-order valence-corrected chi connectivity index (χ1v) is 7.09. The predicted octanol–water partition coefficient (Wildman–Crippen LogP) is 2.10. The molecule has 0 unspecified atom stereocenters. The Balaban J connectivity index is 2.01. The second-order valence-corrected chi connectivity index (χ2v) is 5.54. The van der Waals surface area contributed by atoms with Crippen LogP contribution in [0.3, 0.4) is 0 Å². The minimum atomic E-state index is 0.450. The molecule has 0 spiro atoms. The van der Waals surface area contributed by atoms with Crippen LogP contribution in [-0.4, -0.2) is 19.4 Å². The third kappa shape index (κ3) is 2.00. The van der Waals surface area contributed by atoms with Crippen LogP contribution < -0.4 is 5.73 Å². The van der Waals surface area contributed by atoms with Crippen molar-refractivity contribution >= 4 is 28.1 Å². The summed E-state index contributed by atoms with van der Waals surface area (Å²) in [5.41, 5.74) is 7.74. The van der Waals surface area contributed by atoms with E-state index >= 15 is 0 Å². The SMILES string of the molecule is Cc1ccnc(Sc2nc3sccn3c2CN)n1. The predicted molar refractivity (Wildman–Crippen MR) is 71.9 cm³/mol. The van der Waals surface area contributed by atoms with Gasteiger partial charge in [0, 0.05) is 30.0 Å². The van der Waals surface area contributed by atoms with Gasteiger partial charge in [-0.2, -0.15) is 0 Å². The van der Waals surface area contributed by atoms with Crippen molar-refractivity contribution in [1.29, 1.82) is 0 Å². The maximum Gasteiger partial charge on any atom is 0.194 e. The van der Waals surface area contributed by atoms with Crippen LogP contribution in [0.1, 0.15) is 11.4 Å². The van der Waals surface area contributed by atoms with Gasteiger partial charge in [0.25, 0.3) is 0 Å². The Morgan fingerprint density at radius 2 is 2.33 bits per heavy atom. The Morgan fingerprint density at radius 1 is 1.44 bits per heavy atom. The number of thiazole rings is 1. The zero-order valence-electron chi connectivity index (χ0n) is 9.70. The third-order valence-corrected chi connectivity index (χ3v) is 4.13. The monoisotopic (exact) mass is 277 g/mol. The van der Waals surface area contributed by atoms with Crippen LogP contribution in [-0.2, 0) is 6.54 Å². The number of rotatable bonds is 3. The van der Waals surface area contributed by atoms with E-state index in [9.17, 15) is 0 Å². The first-order chi connectivity index (χ1) is 8.78. The molecule has 0 bridgehead atoms. The van der Waals surface area contributed by atoms with Crippen molar-refractivity contribution in [2.24, 2.45) is 5.73 Å². The number of fused-ring (bicyclic) bond motifs is 1. The van der Waals surface area contributed by atoms with Gasteiger partial charge >= 0.3 is 0 Å². The molecular weight excluding hydrogens is 266 g/mol. The Hall–Kier alpha value is -1.44. The lowest BCUT2D eigenvalue weighted by atomic mass is 10.5. The normalized spacial score (nSPS) is 11.2. The molecule has 18 heavy (non-hydrogen) atoms. The standard InChI is InChI=1S/C11H11N5S2/c1-7-2-3-13-10(14-7)18-9-8(6-12)16-4-5-17-11(16)15-9/h2-5H,6,12H2,1H3. The molecule has 0 aromatic carbocycles. The average molecular weight is 277 g/mol. The Kier molecular flexibility index (Phi) is 3.02. The molecular formula is C11H11N5S2. The average Bonchev–Trinajstić information content (AvgIpc) is 2.89. The minimum absolute atomic E-state index is 0.450. The van der Waals surface area contributed by atoms with Crippen molar-refractivity contribution in [1.82, 2.24) is 19.4 Å². The lowest BCUT2D eigenvalue weighted by molar-refractivity contribution is 0.905. The molecule has 0 radical (unpaired) electrons. The molecule has 3 aromatic heterocycles. The summed E-state index contributed by atoms with van der Waals surface area (Å²) in [6.07, 6.45) is 3.74. The molecule has 0 aliphatic heterocycles. The zero-order chi connectivity index (χ0) is 12.5. The molecule has 0 aliphatic rings. The highest BCUT2D eigenvalue weighted by atomic mass is 32.2. The molecule has 7 heteroatoms. The maximum atomic E-state index is 5.79. The van der Waals surface area contributed by atoms with E-state index in [0.29, 0.717) is 11.7 Å². The summed E-state index contributed by atoms with van der Waals surface area (Å²) in [6.45, 7) is 2.40. The van der Waals surface area contributed by atoms with Gasteiger partial charge in [0.2, 0.25) is 0 Å². The van der Waals surface area contributed by atoms with E-state index in [-0.39, 0.29) is 0 Å². The summed E-state index contributed by atoms with van der Waals surface area (Å²) in [6, 6.07) is 1.87. The number of aryl methyl sites for hydroxylation is 1. The largest absolute Gasteiger partial charge is 0.325 e. The van der Waals surface area contributed by atoms with Crippen LogP contribution in [0.15, 0.2) is 34.0 Å². The smallest absolute Gasteiger partial charge is 0.194 e. The summed E-state index contributed by atoms with van der Waals surface area (Å²) >= 11 is 3.05. The van der Waals surface area contributed by atoms with E-state index in [1.54, 1.807) is 17.5 Å². The lowest BCUT2D eigenvalue weighted by Crippen LogP contribution is -2.01. The Bertz CT molecular complexity index is 688. The first kappa shape index (κ1) is 11.6. The van der Waals surface area contributed by atoms with Crippen LogP contribution in [0.2, 0.25) is 0 Å². The van der Waals surface area contributed by atoms with Crippen LogP contribution in [0.4, 0.5) is 0 Å². The summed E-state index contributed by atoms with van der Waals surface area (Å²) < 4.78 is 2.02. The highest BCUT2D eigenvalue weighted by molar-refractivity contribution is 7.99. The van der Waals surface area contributed by atoms with E-state index in [0.717, 1.165) is 21.4 Å². The Labute approximate surface area is 112 Å². The molecule has 3 aromatic rings. The highest BCUT2D eigenvalue weighted by Crippen LogP contribution is 2.29. The van der Waals surface area contributed by atoms with Gasteiger partial charge in [-0.05, 0) is 24.8 Å². The molecule has 0 amide bonds. The van der Waals surface area contributed by atoms with Gasteiger partial charge in [-0.1, -0.05) is 0 Å². The molecule has 0 saturated carbocycles.